The molecule has 51 heavy (non-hydrogen) atoms. The zero-order chi connectivity index (χ0) is 35.8. The molecular formula is C36H35Cl2N9O4. The number of anilines is 2. The number of hydrogen-bond donors (Lipinski definition) is 3. The number of nitrogens with one attached hydrogen (secondary N) is 3. The van der Waals surface area contributed by atoms with Crippen LogP contribution in [0.3, 0.4) is 0 Å². The molecule has 15 heteroatoms. The van der Waals surface area contributed by atoms with Crippen molar-refractivity contribution in [3.63, 3.8) is 0 Å². The van der Waals surface area contributed by atoms with Gasteiger partial charge in [-0.1, -0.05) is 53.5 Å². The van der Waals surface area contributed by atoms with E-state index in [0.717, 1.165) is 53.6 Å². The zero-order valence-corrected chi connectivity index (χ0v) is 29.9. The SMILES string of the molecule is COc1nc(-c2cccc(-c3cccc(Nc4nc(C)nc5c4c(=O)n(C)c(=O)n5C)c3Cl)c2Cl)cc2c1C(N1CCC3(CNC(=O)N3)C1)CC2. The summed E-state index contributed by atoms with van der Waals surface area (Å²) in [5, 5.41) is 10.3. The molecular weight excluding hydrogens is 693 g/mol. The number of nitrogens with zero attached hydrogens (tertiary/aromatic N) is 6. The summed E-state index contributed by atoms with van der Waals surface area (Å²) in [5.74, 6) is 1.18. The number of aryl methyl sites for hydroxylation is 3. The van der Waals surface area contributed by atoms with Crippen LogP contribution in [0, 0.1) is 6.92 Å². The lowest BCUT2D eigenvalue weighted by Crippen LogP contribution is -2.46. The Morgan fingerprint density at radius 2 is 1.73 bits per heavy atom. The molecule has 2 amide bonds. The lowest BCUT2D eigenvalue weighted by Gasteiger charge is -2.28. The highest BCUT2D eigenvalue weighted by molar-refractivity contribution is 6.39. The third-order valence-corrected chi connectivity index (χ3v) is 11.2. The Labute approximate surface area is 302 Å². The first kappa shape index (κ1) is 33.2. The van der Waals surface area contributed by atoms with Gasteiger partial charge in [-0.3, -0.25) is 18.8 Å². The Bertz CT molecular complexity index is 2410. The van der Waals surface area contributed by atoms with Gasteiger partial charge in [-0.2, -0.15) is 0 Å². The van der Waals surface area contributed by atoms with Gasteiger partial charge in [0, 0.05) is 62.0 Å². The average Bonchev–Trinajstić information content (AvgIpc) is 3.84. The number of methoxy groups -OCH3 is 1. The first-order valence-corrected chi connectivity index (χ1v) is 17.4. The summed E-state index contributed by atoms with van der Waals surface area (Å²) in [6.07, 6.45) is 2.69. The van der Waals surface area contributed by atoms with Crippen molar-refractivity contribution >= 4 is 51.8 Å². The minimum Gasteiger partial charge on any atom is -0.481 e. The number of carbonyl (C=O) groups is 1. The molecule has 2 aromatic carbocycles. The first-order chi connectivity index (χ1) is 24.5. The molecule has 262 valence electrons. The number of rotatable bonds is 6. The fraction of sp³-hybridized carbons (Fsp3) is 0.333. The molecule has 3 aromatic heterocycles. The molecule has 13 nitrogen and oxygen atoms in total. The highest BCUT2D eigenvalue weighted by Gasteiger charge is 2.46. The van der Waals surface area contributed by atoms with Crippen molar-refractivity contribution in [1.29, 1.82) is 0 Å². The fourth-order valence-electron chi connectivity index (χ4n) is 7.80. The van der Waals surface area contributed by atoms with Gasteiger partial charge in [-0.15, -0.1) is 0 Å². The number of amides is 2. The van der Waals surface area contributed by atoms with E-state index in [1.807, 2.05) is 30.3 Å². The van der Waals surface area contributed by atoms with E-state index in [2.05, 4.69) is 36.9 Å². The normalized spacial score (nSPS) is 19.8. The Balaban J connectivity index is 1.14. The van der Waals surface area contributed by atoms with Gasteiger partial charge in [0.1, 0.15) is 17.0 Å². The van der Waals surface area contributed by atoms with Crippen LogP contribution in [0.1, 0.15) is 35.8 Å². The second-order valence-electron chi connectivity index (χ2n) is 13.4. The second kappa shape index (κ2) is 12.4. The van der Waals surface area contributed by atoms with Crippen molar-refractivity contribution in [3.8, 4) is 28.3 Å². The van der Waals surface area contributed by atoms with Gasteiger partial charge in [0.15, 0.2) is 5.65 Å². The Morgan fingerprint density at radius 1 is 0.980 bits per heavy atom. The predicted molar refractivity (Wildman–Crippen MR) is 196 cm³/mol. The average molecular weight is 729 g/mol. The van der Waals surface area contributed by atoms with Crippen molar-refractivity contribution in [2.24, 2.45) is 14.1 Å². The smallest absolute Gasteiger partial charge is 0.332 e. The van der Waals surface area contributed by atoms with E-state index in [-0.39, 0.29) is 34.5 Å². The van der Waals surface area contributed by atoms with Gasteiger partial charge >= 0.3 is 11.7 Å². The summed E-state index contributed by atoms with van der Waals surface area (Å²) < 4.78 is 8.25. The molecule has 0 saturated carbocycles. The van der Waals surface area contributed by atoms with E-state index in [9.17, 15) is 14.4 Å². The molecule has 5 aromatic rings. The van der Waals surface area contributed by atoms with Crippen molar-refractivity contribution in [2.75, 3.05) is 32.1 Å². The summed E-state index contributed by atoms with van der Waals surface area (Å²) in [4.78, 5) is 54.0. The number of hydrogen-bond acceptors (Lipinski definition) is 9. The van der Waals surface area contributed by atoms with Crippen LogP contribution in [0.4, 0.5) is 16.3 Å². The van der Waals surface area contributed by atoms with Crippen LogP contribution in [-0.2, 0) is 20.5 Å². The molecule has 1 spiro atoms. The van der Waals surface area contributed by atoms with E-state index >= 15 is 0 Å². The maximum absolute atomic E-state index is 13.2. The van der Waals surface area contributed by atoms with E-state index in [1.54, 1.807) is 27.1 Å². The van der Waals surface area contributed by atoms with Gasteiger partial charge in [-0.05, 0) is 43.9 Å². The molecule has 0 radical (unpaired) electrons. The monoisotopic (exact) mass is 727 g/mol. The summed E-state index contributed by atoms with van der Waals surface area (Å²) in [6, 6.07) is 13.4. The Hall–Kier alpha value is -4.98. The number of urea groups is 1. The molecule has 2 aliphatic heterocycles. The molecule has 2 saturated heterocycles. The van der Waals surface area contributed by atoms with Crippen LogP contribution in [0.5, 0.6) is 5.88 Å². The van der Waals surface area contributed by atoms with Gasteiger partial charge in [0.2, 0.25) is 5.88 Å². The maximum Gasteiger partial charge on any atom is 0.332 e. The number of carbonyl (C=O) groups excluding carboxylic acids is 1. The van der Waals surface area contributed by atoms with Crippen LogP contribution in [0.25, 0.3) is 33.4 Å². The molecule has 3 N–H and O–H groups in total. The van der Waals surface area contributed by atoms with Crippen molar-refractivity contribution in [3.05, 3.63) is 90.3 Å². The van der Waals surface area contributed by atoms with E-state index in [1.165, 1.54) is 11.6 Å². The number of pyridine rings is 1. The molecule has 2 fully saturated rings. The molecule has 2 unspecified atom stereocenters. The number of fused-ring (bicyclic) bond motifs is 2. The summed E-state index contributed by atoms with van der Waals surface area (Å²) >= 11 is 14.3. The van der Waals surface area contributed by atoms with Gasteiger partial charge < -0.3 is 20.7 Å². The lowest BCUT2D eigenvalue weighted by atomic mass is 9.99. The van der Waals surface area contributed by atoms with Crippen molar-refractivity contribution in [2.45, 2.75) is 37.8 Å². The standard InChI is InChI=1S/C36H35Cl2N9O4/c1-18-40-30(27-31(41-18)45(2)35(50)46(3)33(27)48)42-23-10-6-8-21(29(23)38)20-7-5-9-22(28(20)37)24-15-19-11-12-25(26(19)32(43-24)51-4)47-14-13-36(17-47)16-39-34(49)44-36/h5-10,15,25H,11-14,16-17H2,1-4H3,(H2,39,44,49)(H,40,41,42). The quantitative estimate of drug-likeness (QED) is 0.223. The number of ether oxygens (including phenoxy) is 1. The topological polar surface area (TPSA) is 148 Å². The summed E-state index contributed by atoms with van der Waals surface area (Å²) in [6.45, 7) is 3.97. The summed E-state index contributed by atoms with van der Waals surface area (Å²) in [5.41, 5.74) is 4.50. The van der Waals surface area contributed by atoms with E-state index in [0.29, 0.717) is 50.8 Å². The molecule has 1 aliphatic carbocycles. The molecule has 3 aliphatic rings. The second-order valence-corrected chi connectivity index (χ2v) is 14.2. The van der Waals surface area contributed by atoms with Crippen molar-refractivity contribution < 1.29 is 9.53 Å². The maximum atomic E-state index is 13.2. The van der Waals surface area contributed by atoms with Gasteiger partial charge in [0.25, 0.3) is 5.56 Å². The lowest BCUT2D eigenvalue weighted by molar-refractivity contribution is 0.219. The summed E-state index contributed by atoms with van der Waals surface area (Å²) in [7, 11) is 4.62. The molecule has 0 bridgehead atoms. The van der Waals surface area contributed by atoms with Crippen LogP contribution < -0.4 is 31.9 Å². The third-order valence-electron chi connectivity index (χ3n) is 10.3. The molecule has 5 heterocycles. The van der Waals surface area contributed by atoms with Crippen molar-refractivity contribution in [1.82, 2.24) is 39.6 Å². The highest BCUT2D eigenvalue weighted by atomic mass is 35.5. The molecule has 2 atom stereocenters. The largest absolute Gasteiger partial charge is 0.481 e. The van der Waals surface area contributed by atoms with E-state index < -0.39 is 11.2 Å². The minimum absolute atomic E-state index is 0.105. The van der Waals surface area contributed by atoms with Crippen LogP contribution in [0.2, 0.25) is 10.0 Å². The van der Waals surface area contributed by atoms with E-state index in [4.69, 9.17) is 32.9 Å². The number of halogens is 2. The minimum atomic E-state index is -0.522. The number of benzene rings is 2. The van der Waals surface area contributed by atoms with Crippen LogP contribution in [0.15, 0.2) is 52.1 Å². The van der Waals surface area contributed by atoms with Gasteiger partial charge in [-0.25, -0.2) is 24.5 Å². The predicted octanol–water partition coefficient (Wildman–Crippen LogP) is 4.87. The number of likely N-dealkylation sites (tertiary alicyclic amines) is 1. The Kier molecular flexibility index (Phi) is 8.04. The number of aromatic nitrogens is 5. The third kappa shape index (κ3) is 5.42. The van der Waals surface area contributed by atoms with Crippen LogP contribution >= 0.6 is 23.2 Å². The van der Waals surface area contributed by atoms with Crippen LogP contribution in [-0.4, -0.2) is 67.3 Å². The first-order valence-electron chi connectivity index (χ1n) is 16.7. The fourth-order valence-corrected chi connectivity index (χ4v) is 8.40. The zero-order valence-electron chi connectivity index (χ0n) is 28.4. The molecule has 8 rings (SSSR count). The van der Waals surface area contributed by atoms with Gasteiger partial charge in [0.05, 0.1) is 34.1 Å². The highest BCUT2D eigenvalue weighted by Crippen LogP contribution is 2.47. The Morgan fingerprint density at radius 3 is 2.47 bits per heavy atom.